The molecule has 0 aliphatic carbocycles. The van der Waals surface area contributed by atoms with Gasteiger partial charge in [0.25, 0.3) is 0 Å². The Balaban J connectivity index is 1.90. The largest absolute Gasteiger partial charge is 0.494 e. The van der Waals surface area contributed by atoms with Crippen molar-refractivity contribution in [1.29, 1.82) is 0 Å². The van der Waals surface area contributed by atoms with Gasteiger partial charge >= 0.3 is 0 Å². The Morgan fingerprint density at radius 1 is 1.19 bits per heavy atom. The quantitative estimate of drug-likeness (QED) is 0.708. The first-order chi connectivity index (χ1) is 12.1. The van der Waals surface area contributed by atoms with E-state index >= 15 is 0 Å². The lowest BCUT2D eigenvalue weighted by Crippen LogP contribution is -2.25. The van der Waals surface area contributed by atoms with Gasteiger partial charge in [0.05, 0.1) is 17.2 Å². The molecule has 0 atom stereocenters. The minimum Gasteiger partial charge on any atom is -0.494 e. The van der Waals surface area contributed by atoms with Crippen molar-refractivity contribution in [2.75, 3.05) is 13.2 Å². The number of hydrogen-bond acceptors (Lipinski definition) is 5. The summed E-state index contributed by atoms with van der Waals surface area (Å²) < 4.78 is 38.4. The lowest BCUT2D eigenvalue weighted by atomic mass is 9.97. The van der Waals surface area contributed by atoms with Crippen molar-refractivity contribution in [2.24, 2.45) is 0 Å². The third kappa shape index (κ3) is 5.32. The second-order valence-electron chi connectivity index (χ2n) is 7.18. The van der Waals surface area contributed by atoms with Gasteiger partial charge in [0, 0.05) is 18.4 Å². The summed E-state index contributed by atoms with van der Waals surface area (Å²) in [5, 5.41) is 0. The fourth-order valence-corrected chi connectivity index (χ4v) is 3.48. The molecule has 7 heteroatoms. The SMILES string of the molecule is CCOc1ccc(S(=O)(=O)NCCCc2oc(C(C)(C)C)nc2C)cc1. The molecule has 0 amide bonds. The number of hydrogen-bond donors (Lipinski definition) is 1. The molecule has 6 nitrogen and oxygen atoms in total. The van der Waals surface area contributed by atoms with Crippen LogP contribution in [0.1, 0.15) is 51.5 Å². The summed E-state index contributed by atoms with van der Waals surface area (Å²) in [5.74, 6) is 2.18. The van der Waals surface area contributed by atoms with Crippen LogP contribution < -0.4 is 9.46 Å². The third-order valence-electron chi connectivity index (χ3n) is 3.85. The van der Waals surface area contributed by atoms with Crippen molar-refractivity contribution in [2.45, 2.75) is 57.8 Å². The molecule has 0 saturated carbocycles. The maximum Gasteiger partial charge on any atom is 0.240 e. The summed E-state index contributed by atoms with van der Waals surface area (Å²) in [4.78, 5) is 4.69. The summed E-state index contributed by atoms with van der Waals surface area (Å²) >= 11 is 0. The minimum absolute atomic E-state index is 0.141. The first-order valence-electron chi connectivity index (χ1n) is 8.83. The van der Waals surface area contributed by atoms with Gasteiger partial charge in [0.1, 0.15) is 11.5 Å². The van der Waals surface area contributed by atoms with Crippen LogP contribution in [0, 0.1) is 6.92 Å². The summed E-state index contributed by atoms with van der Waals surface area (Å²) in [6, 6.07) is 6.40. The molecule has 1 aromatic heterocycles. The minimum atomic E-state index is -3.53. The second kappa shape index (κ2) is 8.22. The molecule has 0 aliphatic rings. The van der Waals surface area contributed by atoms with Crippen LogP contribution in [-0.2, 0) is 21.9 Å². The molecule has 0 spiro atoms. The van der Waals surface area contributed by atoms with Gasteiger partial charge in [-0.3, -0.25) is 0 Å². The number of ether oxygens (including phenoxy) is 1. The highest BCUT2D eigenvalue weighted by molar-refractivity contribution is 7.89. The lowest BCUT2D eigenvalue weighted by Gasteiger charge is -2.12. The Morgan fingerprint density at radius 2 is 1.85 bits per heavy atom. The highest BCUT2D eigenvalue weighted by Crippen LogP contribution is 2.24. The molecule has 1 N–H and O–H groups in total. The third-order valence-corrected chi connectivity index (χ3v) is 5.33. The van der Waals surface area contributed by atoms with Gasteiger partial charge in [-0.25, -0.2) is 18.1 Å². The molecule has 1 heterocycles. The molecular weight excluding hydrogens is 352 g/mol. The monoisotopic (exact) mass is 380 g/mol. The first-order valence-corrected chi connectivity index (χ1v) is 10.3. The van der Waals surface area contributed by atoms with E-state index in [4.69, 9.17) is 9.15 Å². The van der Waals surface area contributed by atoms with Crippen molar-refractivity contribution in [3.05, 3.63) is 41.6 Å². The van der Waals surface area contributed by atoms with Crippen LogP contribution in [0.4, 0.5) is 0 Å². The van der Waals surface area contributed by atoms with Crippen LogP contribution in [0.15, 0.2) is 33.6 Å². The zero-order valence-electron chi connectivity index (χ0n) is 16.1. The molecular formula is C19H28N2O4S. The molecule has 2 aromatic rings. The predicted octanol–water partition coefficient (Wildman–Crippen LogP) is 3.59. The Morgan fingerprint density at radius 3 is 2.38 bits per heavy atom. The highest BCUT2D eigenvalue weighted by atomic mass is 32.2. The van der Waals surface area contributed by atoms with Crippen molar-refractivity contribution >= 4 is 10.0 Å². The van der Waals surface area contributed by atoms with Crippen molar-refractivity contribution in [1.82, 2.24) is 9.71 Å². The molecule has 0 unspecified atom stereocenters. The second-order valence-corrected chi connectivity index (χ2v) is 8.95. The van der Waals surface area contributed by atoms with Gasteiger partial charge in [-0.05, 0) is 44.5 Å². The van der Waals surface area contributed by atoms with Crippen LogP contribution in [0.5, 0.6) is 5.75 Å². The molecule has 1 aromatic carbocycles. The maximum atomic E-state index is 12.3. The van der Waals surface area contributed by atoms with Crippen LogP contribution in [-0.4, -0.2) is 26.6 Å². The van der Waals surface area contributed by atoms with Crippen molar-refractivity contribution in [3.63, 3.8) is 0 Å². The molecule has 0 aliphatic heterocycles. The Kier molecular flexibility index (Phi) is 6.47. The van der Waals surface area contributed by atoms with Gasteiger partial charge in [-0.2, -0.15) is 0 Å². The van der Waals surface area contributed by atoms with Gasteiger partial charge in [-0.1, -0.05) is 20.8 Å². The van der Waals surface area contributed by atoms with Crippen molar-refractivity contribution < 1.29 is 17.6 Å². The summed E-state index contributed by atoms with van der Waals surface area (Å²) in [7, 11) is -3.53. The molecule has 0 fully saturated rings. The highest BCUT2D eigenvalue weighted by Gasteiger charge is 2.22. The summed E-state index contributed by atoms with van der Waals surface area (Å²) in [6.45, 7) is 10.8. The number of aromatic nitrogens is 1. The molecule has 2 rings (SSSR count). The summed E-state index contributed by atoms with van der Waals surface area (Å²) in [6.07, 6.45) is 1.27. The molecule has 26 heavy (non-hydrogen) atoms. The van der Waals surface area contributed by atoms with E-state index in [1.165, 1.54) is 0 Å². The Bertz CT molecular complexity index is 818. The predicted molar refractivity (Wildman–Crippen MR) is 101 cm³/mol. The van der Waals surface area contributed by atoms with Crippen LogP contribution >= 0.6 is 0 Å². The number of nitrogens with one attached hydrogen (secondary N) is 1. The van der Waals surface area contributed by atoms with E-state index in [2.05, 4.69) is 9.71 Å². The molecule has 0 bridgehead atoms. The molecule has 0 saturated heterocycles. The van der Waals surface area contributed by atoms with Gasteiger partial charge in [0.2, 0.25) is 10.0 Å². The van der Waals surface area contributed by atoms with Crippen LogP contribution in [0.2, 0.25) is 0 Å². The smallest absolute Gasteiger partial charge is 0.240 e. The number of sulfonamides is 1. The zero-order valence-corrected chi connectivity index (χ0v) is 16.9. The van der Waals surface area contributed by atoms with Crippen molar-refractivity contribution in [3.8, 4) is 5.75 Å². The topological polar surface area (TPSA) is 81.4 Å². The van der Waals surface area contributed by atoms with E-state index in [1.54, 1.807) is 24.3 Å². The number of benzene rings is 1. The van der Waals surface area contributed by atoms with E-state index in [9.17, 15) is 8.42 Å². The fraction of sp³-hybridized carbons (Fsp3) is 0.526. The number of nitrogens with zero attached hydrogens (tertiary/aromatic N) is 1. The molecule has 144 valence electrons. The maximum absolute atomic E-state index is 12.3. The number of oxazole rings is 1. The Labute approximate surface area is 156 Å². The van der Waals surface area contributed by atoms with E-state index in [0.29, 0.717) is 37.6 Å². The normalized spacial score (nSPS) is 12.3. The fourth-order valence-electron chi connectivity index (χ4n) is 2.40. The van der Waals surface area contributed by atoms with E-state index < -0.39 is 10.0 Å². The average Bonchev–Trinajstić information content (AvgIpc) is 2.94. The number of rotatable bonds is 8. The van der Waals surface area contributed by atoms with E-state index in [0.717, 1.165) is 11.5 Å². The van der Waals surface area contributed by atoms with E-state index in [1.807, 2.05) is 34.6 Å². The van der Waals surface area contributed by atoms with Crippen LogP contribution in [0.3, 0.4) is 0 Å². The zero-order chi connectivity index (χ0) is 19.4. The summed E-state index contributed by atoms with van der Waals surface area (Å²) in [5.41, 5.74) is 0.724. The average molecular weight is 381 g/mol. The first kappa shape index (κ1) is 20.5. The van der Waals surface area contributed by atoms with Gasteiger partial charge in [0.15, 0.2) is 5.89 Å². The standard InChI is InChI=1S/C19H28N2O4S/c1-6-24-15-9-11-16(12-10-15)26(22,23)20-13-7-8-17-14(2)21-18(25-17)19(3,4)5/h9-12,20H,6-8,13H2,1-5H3. The lowest BCUT2D eigenvalue weighted by molar-refractivity contribution is 0.340. The van der Waals surface area contributed by atoms with Gasteiger partial charge < -0.3 is 9.15 Å². The molecule has 0 radical (unpaired) electrons. The van der Waals surface area contributed by atoms with Gasteiger partial charge in [-0.15, -0.1) is 0 Å². The van der Waals surface area contributed by atoms with Crippen LogP contribution in [0.25, 0.3) is 0 Å². The number of aryl methyl sites for hydroxylation is 2. The Hall–Kier alpha value is -1.86. The van der Waals surface area contributed by atoms with E-state index in [-0.39, 0.29) is 10.3 Å².